The third kappa shape index (κ3) is 2.00. The molecule has 0 atom stereocenters. The molecular formula is C12H13ClN2O3. The van der Waals surface area contributed by atoms with Crippen molar-refractivity contribution in [1.29, 1.82) is 0 Å². The van der Waals surface area contributed by atoms with E-state index in [2.05, 4.69) is 5.32 Å². The van der Waals surface area contributed by atoms with Crippen molar-refractivity contribution in [2.24, 2.45) is 0 Å². The molecule has 2 aliphatic rings. The van der Waals surface area contributed by atoms with Crippen LogP contribution in [0, 0.1) is 0 Å². The van der Waals surface area contributed by atoms with Crippen molar-refractivity contribution >= 4 is 17.5 Å². The Balaban J connectivity index is 1.87. The number of nitrogens with zero attached hydrogens (tertiary/aromatic N) is 1. The van der Waals surface area contributed by atoms with Crippen LogP contribution in [0.4, 0.5) is 0 Å². The van der Waals surface area contributed by atoms with Crippen LogP contribution in [0.5, 0.6) is 11.5 Å². The number of rotatable bonds is 1. The van der Waals surface area contributed by atoms with Gasteiger partial charge in [-0.05, 0) is 12.1 Å². The zero-order valence-corrected chi connectivity index (χ0v) is 10.5. The average Bonchev–Trinajstić information content (AvgIpc) is 2.88. The first-order valence-electron chi connectivity index (χ1n) is 5.85. The lowest BCUT2D eigenvalue weighted by molar-refractivity contribution is 0.0735. The summed E-state index contributed by atoms with van der Waals surface area (Å²) in [6.45, 7) is 3.23. The first kappa shape index (κ1) is 11.6. The second-order valence-electron chi connectivity index (χ2n) is 4.23. The van der Waals surface area contributed by atoms with Gasteiger partial charge >= 0.3 is 0 Å². The predicted molar refractivity (Wildman–Crippen MR) is 66.3 cm³/mol. The maximum absolute atomic E-state index is 12.3. The van der Waals surface area contributed by atoms with Crippen LogP contribution in [0.25, 0.3) is 0 Å². The highest BCUT2D eigenvalue weighted by Crippen LogP contribution is 2.39. The topological polar surface area (TPSA) is 50.8 Å². The number of benzene rings is 1. The van der Waals surface area contributed by atoms with Crippen LogP contribution in [0.15, 0.2) is 12.1 Å². The Labute approximate surface area is 110 Å². The first-order valence-corrected chi connectivity index (χ1v) is 6.22. The van der Waals surface area contributed by atoms with Crippen molar-refractivity contribution in [2.75, 3.05) is 33.0 Å². The number of fused-ring (bicyclic) bond motifs is 1. The summed E-state index contributed by atoms with van der Waals surface area (Å²) in [6.07, 6.45) is 0. The standard InChI is InChI=1S/C12H13ClN2O3/c13-9-5-8(6-10-11(9)18-7-17-10)12(16)15-3-1-14-2-4-15/h5-6,14H,1-4,7H2. The lowest BCUT2D eigenvalue weighted by Gasteiger charge is -2.27. The van der Waals surface area contributed by atoms with Gasteiger partial charge in [0.15, 0.2) is 11.5 Å². The monoisotopic (exact) mass is 268 g/mol. The molecule has 0 spiro atoms. The smallest absolute Gasteiger partial charge is 0.254 e. The van der Waals surface area contributed by atoms with Crippen molar-refractivity contribution in [3.05, 3.63) is 22.7 Å². The van der Waals surface area contributed by atoms with Crippen molar-refractivity contribution in [3.63, 3.8) is 0 Å². The van der Waals surface area contributed by atoms with Gasteiger partial charge in [0.25, 0.3) is 5.91 Å². The van der Waals surface area contributed by atoms with E-state index >= 15 is 0 Å². The van der Waals surface area contributed by atoms with Crippen LogP contribution in [0.1, 0.15) is 10.4 Å². The summed E-state index contributed by atoms with van der Waals surface area (Å²) in [6, 6.07) is 3.33. The Kier molecular flexibility index (Phi) is 3.01. The lowest BCUT2D eigenvalue weighted by Crippen LogP contribution is -2.46. The molecular weight excluding hydrogens is 256 g/mol. The third-order valence-electron chi connectivity index (χ3n) is 3.08. The molecule has 0 radical (unpaired) electrons. The van der Waals surface area contributed by atoms with Gasteiger partial charge in [0.2, 0.25) is 6.79 Å². The molecule has 1 N–H and O–H groups in total. The van der Waals surface area contributed by atoms with E-state index in [9.17, 15) is 4.79 Å². The van der Waals surface area contributed by atoms with Crippen molar-refractivity contribution < 1.29 is 14.3 Å². The predicted octanol–water partition coefficient (Wildman–Crippen LogP) is 1.11. The van der Waals surface area contributed by atoms with Gasteiger partial charge in [-0.15, -0.1) is 0 Å². The minimum absolute atomic E-state index is 0.0169. The zero-order valence-electron chi connectivity index (χ0n) is 9.74. The molecule has 1 saturated heterocycles. The van der Waals surface area contributed by atoms with Crippen LogP contribution in [0.2, 0.25) is 5.02 Å². The molecule has 0 unspecified atom stereocenters. The number of hydrogen-bond donors (Lipinski definition) is 1. The zero-order chi connectivity index (χ0) is 12.5. The Hall–Kier alpha value is -1.46. The molecule has 18 heavy (non-hydrogen) atoms. The van der Waals surface area contributed by atoms with Gasteiger partial charge in [0, 0.05) is 31.7 Å². The maximum Gasteiger partial charge on any atom is 0.254 e. The number of piperazine rings is 1. The van der Waals surface area contributed by atoms with Crippen molar-refractivity contribution in [3.8, 4) is 11.5 Å². The molecule has 2 heterocycles. The Morgan fingerprint density at radius 1 is 1.28 bits per heavy atom. The van der Waals surface area contributed by atoms with E-state index in [4.69, 9.17) is 21.1 Å². The van der Waals surface area contributed by atoms with Gasteiger partial charge < -0.3 is 19.7 Å². The van der Waals surface area contributed by atoms with Gasteiger partial charge in [0.05, 0.1) is 5.02 Å². The van der Waals surface area contributed by atoms with Gasteiger partial charge in [-0.25, -0.2) is 0 Å². The number of ether oxygens (including phenoxy) is 2. The van der Waals surface area contributed by atoms with E-state index < -0.39 is 0 Å². The molecule has 1 aromatic carbocycles. The quantitative estimate of drug-likeness (QED) is 0.829. The first-order chi connectivity index (χ1) is 8.75. The van der Waals surface area contributed by atoms with Crippen LogP contribution in [0.3, 0.4) is 0 Å². The molecule has 3 rings (SSSR count). The van der Waals surface area contributed by atoms with Crippen molar-refractivity contribution in [2.45, 2.75) is 0 Å². The van der Waals surface area contributed by atoms with E-state index in [0.29, 0.717) is 35.2 Å². The molecule has 0 aliphatic carbocycles. The molecule has 6 heteroatoms. The SMILES string of the molecule is O=C(c1cc(Cl)c2c(c1)OCO2)N1CCNCC1. The van der Waals surface area contributed by atoms with E-state index in [1.54, 1.807) is 12.1 Å². The fraction of sp³-hybridized carbons (Fsp3) is 0.417. The van der Waals surface area contributed by atoms with Gasteiger partial charge in [-0.3, -0.25) is 4.79 Å². The molecule has 0 bridgehead atoms. The summed E-state index contributed by atoms with van der Waals surface area (Å²) in [5, 5.41) is 3.63. The molecule has 96 valence electrons. The fourth-order valence-electron chi connectivity index (χ4n) is 2.14. The number of nitrogens with one attached hydrogen (secondary N) is 1. The Morgan fingerprint density at radius 3 is 2.83 bits per heavy atom. The van der Waals surface area contributed by atoms with Crippen LogP contribution >= 0.6 is 11.6 Å². The average molecular weight is 269 g/mol. The molecule has 0 saturated carbocycles. The Bertz CT molecular complexity index is 486. The highest BCUT2D eigenvalue weighted by molar-refractivity contribution is 6.32. The third-order valence-corrected chi connectivity index (χ3v) is 3.36. The highest BCUT2D eigenvalue weighted by atomic mass is 35.5. The van der Waals surface area contributed by atoms with Gasteiger partial charge in [0.1, 0.15) is 0 Å². The van der Waals surface area contributed by atoms with Gasteiger partial charge in [-0.1, -0.05) is 11.6 Å². The van der Waals surface area contributed by atoms with E-state index in [-0.39, 0.29) is 12.7 Å². The van der Waals surface area contributed by atoms with E-state index in [1.165, 1.54) is 0 Å². The fourth-order valence-corrected chi connectivity index (χ4v) is 2.41. The molecule has 2 aliphatic heterocycles. The second-order valence-corrected chi connectivity index (χ2v) is 4.64. The van der Waals surface area contributed by atoms with E-state index in [1.807, 2.05) is 4.90 Å². The molecule has 1 amide bonds. The summed E-state index contributed by atoms with van der Waals surface area (Å²) < 4.78 is 10.5. The molecule has 1 fully saturated rings. The Morgan fingerprint density at radius 2 is 2.06 bits per heavy atom. The summed E-state index contributed by atoms with van der Waals surface area (Å²) in [4.78, 5) is 14.1. The normalized spacial score (nSPS) is 17.9. The number of hydrogen-bond acceptors (Lipinski definition) is 4. The number of carbonyl (C=O) groups excluding carboxylic acids is 1. The second kappa shape index (κ2) is 4.66. The molecule has 1 aromatic rings. The van der Waals surface area contributed by atoms with Crippen LogP contribution < -0.4 is 14.8 Å². The number of halogens is 1. The number of amides is 1. The summed E-state index contributed by atoms with van der Waals surface area (Å²) in [5.74, 6) is 1.05. The highest BCUT2D eigenvalue weighted by Gasteiger charge is 2.23. The molecule has 5 nitrogen and oxygen atoms in total. The van der Waals surface area contributed by atoms with Crippen LogP contribution in [-0.2, 0) is 0 Å². The maximum atomic E-state index is 12.3. The largest absolute Gasteiger partial charge is 0.454 e. The lowest BCUT2D eigenvalue weighted by atomic mass is 10.1. The van der Waals surface area contributed by atoms with Crippen LogP contribution in [-0.4, -0.2) is 43.8 Å². The minimum Gasteiger partial charge on any atom is -0.454 e. The van der Waals surface area contributed by atoms with Crippen molar-refractivity contribution in [1.82, 2.24) is 10.2 Å². The van der Waals surface area contributed by atoms with Gasteiger partial charge in [-0.2, -0.15) is 0 Å². The summed E-state index contributed by atoms with van der Waals surface area (Å²) >= 11 is 6.07. The number of carbonyl (C=O) groups is 1. The van der Waals surface area contributed by atoms with E-state index in [0.717, 1.165) is 13.1 Å². The summed E-state index contributed by atoms with van der Waals surface area (Å²) in [7, 11) is 0. The molecule has 0 aromatic heterocycles. The summed E-state index contributed by atoms with van der Waals surface area (Å²) in [5.41, 5.74) is 0.547. The minimum atomic E-state index is -0.0169.